The van der Waals surface area contributed by atoms with Crippen molar-refractivity contribution in [3.05, 3.63) is 53.9 Å². The first-order chi connectivity index (χ1) is 12.7. The topological polar surface area (TPSA) is 80.2 Å². The van der Waals surface area contributed by atoms with E-state index in [-0.39, 0.29) is 6.61 Å². The van der Waals surface area contributed by atoms with Gasteiger partial charge in [-0.2, -0.15) is 0 Å². The Bertz CT molecular complexity index is 858. The van der Waals surface area contributed by atoms with E-state index in [0.717, 1.165) is 49.6 Å². The number of aromatic nitrogens is 4. The largest absolute Gasteiger partial charge is 0.444 e. The molecule has 1 aliphatic rings. The first-order valence-electron chi connectivity index (χ1n) is 8.96. The van der Waals surface area contributed by atoms with Crippen LogP contribution >= 0.6 is 0 Å². The summed E-state index contributed by atoms with van der Waals surface area (Å²) >= 11 is 0. The molecule has 0 amide bonds. The van der Waals surface area contributed by atoms with Crippen LogP contribution in [0.4, 0.5) is 0 Å². The predicted octanol–water partition coefficient (Wildman–Crippen LogP) is 2.34. The lowest BCUT2D eigenvalue weighted by Gasteiger charge is -2.31. The van der Waals surface area contributed by atoms with Gasteiger partial charge in [0.1, 0.15) is 18.7 Å². The Hall–Kier alpha value is -2.51. The summed E-state index contributed by atoms with van der Waals surface area (Å²) in [6, 6.07) is 9.95. The Morgan fingerprint density at radius 2 is 2.08 bits per heavy atom. The van der Waals surface area contributed by atoms with Crippen LogP contribution in [-0.2, 0) is 20.2 Å². The summed E-state index contributed by atoms with van der Waals surface area (Å²) in [6.07, 6.45) is 3.94. The first kappa shape index (κ1) is 16.9. The van der Waals surface area contributed by atoms with E-state index >= 15 is 0 Å². The number of hydrogen-bond donors (Lipinski definition) is 1. The zero-order valence-corrected chi connectivity index (χ0v) is 14.9. The standard InChI is InChI=1S/C19H23N5O2/c1-23-17(12-25)21-22-18(23)15-8-5-9-24(10-15)11-16-13-26-19(20-16)14-6-3-2-4-7-14/h2-4,6-7,13,15,25H,5,8-12H2,1H3. The zero-order valence-electron chi connectivity index (χ0n) is 14.9. The average Bonchev–Trinajstić information content (AvgIpc) is 3.29. The maximum absolute atomic E-state index is 9.32. The summed E-state index contributed by atoms with van der Waals surface area (Å²) in [5.41, 5.74) is 1.93. The van der Waals surface area contributed by atoms with Crippen molar-refractivity contribution < 1.29 is 9.52 Å². The number of oxazole rings is 1. The monoisotopic (exact) mass is 353 g/mol. The van der Waals surface area contributed by atoms with Gasteiger partial charge in [-0.15, -0.1) is 10.2 Å². The van der Waals surface area contributed by atoms with E-state index in [9.17, 15) is 5.11 Å². The highest BCUT2D eigenvalue weighted by molar-refractivity contribution is 5.52. The van der Waals surface area contributed by atoms with Gasteiger partial charge in [-0.3, -0.25) is 4.90 Å². The minimum atomic E-state index is -0.0822. The Morgan fingerprint density at radius 3 is 2.85 bits per heavy atom. The van der Waals surface area contributed by atoms with E-state index in [0.29, 0.717) is 17.6 Å². The Morgan fingerprint density at radius 1 is 1.23 bits per heavy atom. The van der Waals surface area contributed by atoms with Gasteiger partial charge in [0.25, 0.3) is 0 Å². The fourth-order valence-electron chi connectivity index (χ4n) is 3.60. The van der Waals surface area contributed by atoms with Crippen molar-refractivity contribution in [3.8, 4) is 11.5 Å². The zero-order chi connectivity index (χ0) is 17.9. The van der Waals surface area contributed by atoms with E-state index in [2.05, 4.69) is 20.1 Å². The molecule has 0 spiro atoms. The van der Waals surface area contributed by atoms with Crippen molar-refractivity contribution in [3.63, 3.8) is 0 Å². The number of piperidine rings is 1. The fourth-order valence-corrected chi connectivity index (χ4v) is 3.60. The Labute approximate surface area is 152 Å². The molecule has 7 heteroatoms. The maximum atomic E-state index is 9.32. The fraction of sp³-hybridized carbons (Fsp3) is 0.421. The van der Waals surface area contributed by atoms with E-state index in [1.165, 1.54) is 0 Å². The number of rotatable bonds is 5. The lowest BCUT2D eigenvalue weighted by Crippen LogP contribution is -2.35. The van der Waals surface area contributed by atoms with Crippen molar-refractivity contribution in [2.75, 3.05) is 13.1 Å². The molecule has 1 aromatic carbocycles. The molecule has 1 unspecified atom stereocenters. The third kappa shape index (κ3) is 3.40. The summed E-state index contributed by atoms with van der Waals surface area (Å²) in [5, 5.41) is 17.7. The van der Waals surface area contributed by atoms with Crippen LogP contribution in [0.25, 0.3) is 11.5 Å². The highest BCUT2D eigenvalue weighted by Gasteiger charge is 2.26. The van der Waals surface area contributed by atoms with Crippen molar-refractivity contribution >= 4 is 0 Å². The summed E-state index contributed by atoms with van der Waals surface area (Å²) in [4.78, 5) is 7.02. The quantitative estimate of drug-likeness (QED) is 0.758. The van der Waals surface area contributed by atoms with Gasteiger partial charge in [-0.25, -0.2) is 4.98 Å². The number of hydrogen-bond acceptors (Lipinski definition) is 6. The van der Waals surface area contributed by atoms with Crippen LogP contribution in [-0.4, -0.2) is 42.8 Å². The van der Waals surface area contributed by atoms with Gasteiger partial charge in [-0.1, -0.05) is 18.2 Å². The SMILES string of the molecule is Cn1c(CO)nnc1C1CCCN(Cc2coc(-c3ccccc3)n2)C1. The van der Waals surface area contributed by atoms with Crippen molar-refractivity contribution in [1.29, 1.82) is 0 Å². The molecule has 1 N–H and O–H groups in total. The van der Waals surface area contributed by atoms with Gasteiger partial charge in [0.15, 0.2) is 5.82 Å². The molecule has 7 nitrogen and oxygen atoms in total. The molecule has 0 saturated carbocycles. The molecule has 1 fully saturated rings. The number of aliphatic hydroxyl groups excluding tert-OH is 1. The van der Waals surface area contributed by atoms with Crippen LogP contribution in [0.3, 0.4) is 0 Å². The molecular weight excluding hydrogens is 330 g/mol. The van der Waals surface area contributed by atoms with E-state index in [4.69, 9.17) is 4.42 Å². The van der Waals surface area contributed by atoms with Crippen molar-refractivity contribution in [2.24, 2.45) is 7.05 Å². The van der Waals surface area contributed by atoms with Crippen LogP contribution in [0.1, 0.15) is 36.1 Å². The molecule has 1 aliphatic heterocycles. The van der Waals surface area contributed by atoms with Gasteiger partial charge >= 0.3 is 0 Å². The third-order valence-electron chi connectivity index (χ3n) is 4.97. The molecule has 3 heterocycles. The average molecular weight is 353 g/mol. The highest BCUT2D eigenvalue weighted by Crippen LogP contribution is 2.27. The molecule has 3 aromatic rings. The van der Waals surface area contributed by atoms with Gasteiger partial charge in [-0.05, 0) is 31.5 Å². The normalized spacial score (nSPS) is 18.3. The van der Waals surface area contributed by atoms with Crippen LogP contribution in [0.5, 0.6) is 0 Å². The van der Waals surface area contributed by atoms with E-state index in [1.54, 1.807) is 6.26 Å². The van der Waals surface area contributed by atoms with Crippen LogP contribution in [0, 0.1) is 0 Å². The molecule has 0 bridgehead atoms. The number of benzene rings is 1. The lowest BCUT2D eigenvalue weighted by atomic mass is 9.97. The van der Waals surface area contributed by atoms with Crippen molar-refractivity contribution in [1.82, 2.24) is 24.6 Å². The predicted molar refractivity (Wildman–Crippen MR) is 96.1 cm³/mol. The highest BCUT2D eigenvalue weighted by atomic mass is 16.3. The molecule has 0 aliphatic carbocycles. The van der Waals surface area contributed by atoms with Crippen LogP contribution in [0.2, 0.25) is 0 Å². The second-order valence-corrected chi connectivity index (χ2v) is 6.78. The van der Waals surface area contributed by atoms with E-state index in [1.807, 2.05) is 41.9 Å². The summed E-state index contributed by atoms with van der Waals surface area (Å²) < 4.78 is 7.56. The van der Waals surface area contributed by atoms with Gasteiger partial charge in [0.05, 0.1) is 5.69 Å². The molecule has 4 rings (SSSR count). The maximum Gasteiger partial charge on any atom is 0.226 e. The summed E-state index contributed by atoms with van der Waals surface area (Å²) in [7, 11) is 1.92. The number of nitrogens with zero attached hydrogens (tertiary/aromatic N) is 5. The Balaban J connectivity index is 1.44. The van der Waals surface area contributed by atoms with Crippen molar-refractivity contribution in [2.45, 2.75) is 31.9 Å². The third-order valence-corrected chi connectivity index (χ3v) is 4.97. The molecular formula is C19H23N5O2. The van der Waals surface area contributed by atoms with E-state index < -0.39 is 0 Å². The first-order valence-corrected chi connectivity index (χ1v) is 8.96. The number of aliphatic hydroxyl groups is 1. The van der Waals surface area contributed by atoms with Gasteiger partial charge < -0.3 is 14.1 Å². The molecule has 136 valence electrons. The van der Waals surface area contributed by atoms with Gasteiger partial charge in [0, 0.05) is 31.6 Å². The molecule has 1 atom stereocenters. The summed E-state index contributed by atoms with van der Waals surface area (Å²) in [5.74, 6) is 2.54. The minimum absolute atomic E-state index is 0.0822. The van der Waals surface area contributed by atoms with Crippen LogP contribution in [0.15, 0.2) is 41.0 Å². The minimum Gasteiger partial charge on any atom is -0.444 e. The molecule has 0 radical (unpaired) electrons. The summed E-state index contributed by atoms with van der Waals surface area (Å²) in [6.45, 7) is 2.62. The number of likely N-dealkylation sites (tertiary alicyclic amines) is 1. The molecule has 26 heavy (non-hydrogen) atoms. The lowest BCUT2D eigenvalue weighted by molar-refractivity contribution is 0.192. The van der Waals surface area contributed by atoms with Crippen LogP contribution < -0.4 is 0 Å². The second-order valence-electron chi connectivity index (χ2n) is 6.78. The second kappa shape index (κ2) is 7.39. The van der Waals surface area contributed by atoms with Gasteiger partial charge in [0.2, 0.25) is 5.89 Å². The molecule has 1 saturated heterocycles. The molecule has 2 aromatic heterocycles. The smallest absolute Gasteiger partial charge is 0.226 e. The Kier molecular flexibility index (Phi) is 4.81.